The molecule has 3 aromatic heterocycles. The molecule has 0 saturated carbocycles. The van der Waals surface area contributed by atoms with E-state index in [2.05, 4.69) is 26.9 Å². The molecule has 0 aliphatic carbocycles. The largest absolute Gasteiger partial charge is 0.342 e. The molecule has 0 saturated heterocycles. The molecule has 1 N–H and O–H groups in total. The Kier molecular flexibility index (Phi) is 5.29. The molecule has 3 heterocycles. The Hall–Kier alpha value is -4.13. The summed E-state index contributed by atoms with van der Waals surface area (Å²) in [6.45, 7) is 2.52. The predicted molar refractivity (Wildman–Crippen MR) is 123 cm³/mol. The van der Waals surface area contributed by atoms with Crippen molar-refractivity contribution in [2.45, 2.75) is 25.8 Å². The molecule has 0 amide bonds. The van der Waals surface area contributed by atoms with Crippen LogP contribution in [0.3, 0.4) is 0 Å². The summed E-state index contributed by atoms with van der Waals surface area (Å²) in [5.74, 6) is 0.0122. The quantitative estimate of drug-likeness (QED) is 0.447. The van der Waals surface area contributed by atoms with Gasteiger partial charge in [0.15, 0.2) is 5.65 Å². The number of H-pyrrole nitrogens is 1. The van der Waals surface area contributed by atoms with E-state index in [1.165, 1.54) is 11.0 Å². The molecule has 2 aromatic carbocycles. The molecule has 0 fully saturated rings. The fourth-order valence-corrected chi connectivity index (χ4v) is 3.94. The van der Waals surface area contributed by atoms with Gasteiger partial charge in [0.2, 0.25) is 0 Å². The molecule has 0 aliphatic heterocycles. The summed E-state index contributed by atoms with van der Waals surface area (Å²) in [7, 11) is 0. The van der Waals surface area contributed by atoms with Gasteiger partial charge >= 0.3 is 0 Å². The fraction of sp³-hybridized carbons (Fsp3) is 0.160. The van der Waals surface area contributed by atoms with Crippen LogP contribution in [0.5, 0.6) is 0 Å². The van der Waals surface area contributed by atoms with Crippen molar-refractivity contribution in [3.63, 3.8) is 0 Å². The van der Waals surface area contributed by atoms with Gasteiger partial charge in [0.05, 0.1) is 24.3 Å². The number of nitrogens with zero attached hydrogens (tertiary/aromatic N) is 5. The van der Waals surface area contributed by atoms with Crippen LogP contribution < -0.4 is 5.56 Å². The van der Waals surface area contributed by atoms with Crippen molar-refractivity contribution in [1.82, 2.24) is 29.7 Å². The number of hydrogen-bond donors (Lipinski definition) is 1. The molecular formula is C25H22N6O. The molecule has 1 unspecified atom stereocenters. The van der Waals surface area contributed by atoms with Gasteiger partial charge in [-0.2, -0.15) is 5.10 Å². The first kappa shape index (κ1) is 19.8. The molecule has 0 spiro atoms. The summed E-state index contributed by atoms with van der Waals surface area (Å²) in [4.78, 5) is 29.0. The van der Waals surface area contributed by atoms with Gasteiger partial charge < -0.3 is 4.98 Å². The second-order valence-corrected chi connectivity index (χ2v) is 7.82. The van der Waals surface area contributed by atoms with Gasteiger partial charge in [0.25, 0.3) is 5.56 Å². The molecule has 158 valence electrons. The molecule has 0 radical (unpaired) electrons. The summed E-state index contributed by atoms with van der Waals surface area (Å²) in [5.41, 5.74) is 5.93. The van der Waals surface area contributed by atoms with E-state index in [0.717, 1.165) is 33.6 Å². The van der Waals surface area contributed by atoms with Gasteiger partial charge in [0.1, 0.15) is 11.8 Å². The van der Waals surface area contributed by atoms with E-state index < -0.39 is 0 Å². The lowest BCUT2D eigenvalue weighted by atomic mass is 9.92. The summed E-state index contributed by atoms with van der Waals surface area (Å²) < 4.78 is 1.53. The third kappa shape index (κ3) is 3.92. The lowest BCUT2D eigenvalue weighted by Crippen LogP contribution is -2.25. The van der Waals surface area contributed by atoms with E-state index in [-0.39, 0.29) is 11.5 Å². The Morgan fingerprint density at radius 1 is 0.969 bits per heavy atom. The maximum atomic E-state index is 13.0. The third-order valence-corrected chi connectivity index (χ3v) is 5.58. The summed E-state index contributed by atoms with van der Waals surface area (Å²) in [6, 6.07) is 21.6. The van der Waals surface area contributed by atoms with E-state index >= 15 is 0 Å². The number of benzene rings is 2. The van der Waals surface area contributed by atoms with Crippen molar-refractivity contribution in [2.75, 3.05) is 0 Å². The van der Waals surface area contributed by atoms with Crippen LogP contribution in [-0.4, -0.2) is 29.7 Å². The number of rotatable bonds is 6. The van der Waals surface area contributed by atoms with Crippen LogP contribution in [0.4, 0.5) is 0 Å². The maximum absolute atomic E-state index is 13.0. The van der Waals surface area contributed by atoms with Crippen molar-refractivity contribution >= 4 is 11.2 Å². The van der Waals surface area contributed by atoms with Gasteiger partial charge in [-0.05, 0) is 23.5 Å². The highest BCUT2D eigenvalue weighted by Crippen LogP contribution is 2.29. The van der Waals surface area contributed by atoms with Crippen molar-refractivity contribution in [2.24, 2.45) is 0 Å². The molecule has 5 aromatic rings. The van der Waals surface area contributed by atoms with E-state index in [1.807, 2.05) is 60.7 Å². The van der Waals surface area contributed by atoms with E-state index in [1.54, 1.807) is 12.4 Å². The zero-order valence-corrected chi connectivity index (χ0v) is 17.6. The van der Waals surface area contributed by atoms with Gasteiger partial charge in [-0.1, -0.05) is 67.6 Å². The van der Waals surface area contributed by atoms with Crippen LogP contribution >= 0.6 is 0 Å². The highest BCUT2D eigenvalue weighted by atomic mass is 16.1. The lowest BCUT2D eigenvalue weighted by molar-refractivity contribution is 0.627. The molecule has 0 bridgehead atoms. The van der Waals surface area contributed by atoms with Crippen LogP contribution in [-0.2, 0) is 13.0 Å². The average Bonchev–Trinajstić information content (AvgIpc) is 3.31. The van der Waals surface area contributed by atoms with Crippen molar-refractivity contribution in [1.29, 1.82) is 0 Å². The lowest BCUT2D eigenvalue weighted by Gasteiger charge is -2.17. The first-order valence-electron chi connectivity index (χ1n) is 10.5. The van der Waals surface area contributed by atoms with Crippen LogP contribution in [0.2, 0.25) is 0 Å². The van der Waals surface area contributed by atoms with Crippen LogP contribution in [0.15, 0.2) is 84.2 Å². The van der Waals surface area contributed by atoms with Gasteiger partial charge in [-0.25, -0.2) is 19.6 Å². The Morgan fingerprint density at radius 2 is 1.72 bits per heavy atom. The second-order valence-electron chi connectivity index (χ2n) is 7.82. The Morgan fingerprint density at radius 3 is 2.50 bits per heavy atom. The molecule has 0 aliphatic rings. The molecule has 7 heteroatoms. The SMILES string of the molecule is CC(Cc1ncnc2nc[nH]c12)c1cc(=O)n(Cc2ccccc2)nc1-c1ccccc1. The summed E-state index contributed by atoms with van der Waals surface area (Å²) in [5, 5.41) is 4.80. The zero-order valence-electron chi connectivity index (χ0n) is 17.6. The molecule has 32 heavy (non-hydrogen) atoms. The van der Waals surface area contributed by atoms with Gasteiger partial charge in [-0.15, -0.1) is 0 Å². The number of nitrogens with one attached hydrogen (secondary N) is 1. The predicted octanol–water partition coefficient (Wildman–Crippen LogP) is 3.97. The Bertz CT molecular complexity index is 1410. The Labute approximate surface area is 184 Å². The number of imidazole rings is 1. The summed E-state index contributed by atoms with van der Waals surface area (Å²) in [6.07, 6.45) is 3.78. The van der Waals surface area contributed by atoms with Crippen LogP contribution in [0.1, 0.15) is 29.7 Å². The van der Waals surface area contributed by atoms with Crippen LogP contribution in [0.25, 0.3) is 22.4 Å². The molecule has 7 nitrogen and oxygen atoms in total. The summed E-state index contributed by atoms with van der Waals surface area (Å²) >= 11 is 0. The van der Waals surface area contributed by atoms with Crippen molar-refractivity contribution in [3.05, 3.63) is 107 Å². The van der Waals surface area contributed by atoms with Gasteiger partial charge in [0, 0.05) is 11.6 Å². The standard InChI is InChI=1S/C25H22N6O/c1-17(12-21-24-25(28-15-26-21)29-16-27-24)20-13-22(32)31(14-18-8-4-2-5-9-18)30-23(20)19-10-6-3-7-11-19/h2-11,13,15-17H,12,14H2,1H3,(H,26,27,28,29). The maximum Gasteiger partial charge on any atom is 0.267 e. The third-order valence-electron chi connectivity index (χ3n) is 5.58. The number of aromatic nitrogens is 6. The smallest absolute Gasteiger partial charge is 0.267 e. The number of hydrogen-bond acceptors (Lipinski definition) is 5. The first-order chi connectivity index (χ1) is 15.7. The molecule has 5 rings (SSSR count). The topological polar surface area (TPSA) is 89.4 Å². The molecular weight excluding hydrogens is 400 g/mol. The average molecular weight is 422 g/mol. The van der Waals surface area contributed by atoms with Crippen LogP contribution in [0, 0.1) is 0 Å². The van der Waals surface area contributed by atoms with Crippen molar-refractivity contribution in [3.8, 4) is 11.3 Å². The van der Waals surface area contributed by atoms with E-state index in [4.69, 9.17) is 5.10 Å². The number of aromatic amines is 1. The minimum Gasteiger partial charge on any atom is -0.342 e. The minimum absolute atomic E-state index is 0.0122. The normalized spacial score (nSPS) is 12.2. The van der Waals surface area contributed by atoms with Gasteiger partial charge in [-0.3, -0.25) is 4.79 Å². The Balaban J connectivity index is 1.57. The first-order valence-corrected chi connectivity index (χ1v) is 10.5. The monoisotopic (exact) mass is 422 g/mol. The number of fused-ring (bicyclic) bond motifs is 1. The minimum atomic E-state index is -0.121. The van der Waals surface area contributed by atoms with E-state index in [0.29, 0.717) is 18.6 Å². The highest BCUT2D eigenvalue weighted by molar-refractivity contribution is 5.72. The zero-order chi connectivity index (χ0) is 21.9. The van der Waals surface area contributed by atoms with Crippen molar-refractivity contribution < 1.29 is 0 Å². The van der Waals surface area contributed by atoms with E-state index in [9.17, 15) is 4.79 Å². The molecule has 1 atom stereocenters. The highest BCUT2D eigenvalue weighted by Gasteiger charge is 2.19. The fourth-order valence-electron chi connectivity index (χ4n) is 3.94. The second kappa shape index (κ2) is 8.55.